The molecule has 10 heteroatoms. The van der Waals surface area contributed by atoms with Crippen LogP contribution in [-0.2, 0) is 32.7 Å². The number of quaternary nitrogens is 1. The molecule has 0 saturated carbocycles. The molecular formula is C78H132NO8P. The zero-order valence-electron chi connectivity index (χ0n) is 57.1. The molecule has 0 bridgehead atoms. The van der Waals surface area contributed by atoms with Crippen LogP contribution >= 0.6 is 7.82 Å². The van der Waals surface area contributed by atoms with Crippen molar-refractivity contribution in [3.05, 3.63) is 146 Å². The van der Waals surface area contributed by atoms with Gasteiger partial charge in [0.15, 0.2) is 6.10 Å². The molecular weight excluding hydrogens is 1110 g/mol. The van der Waals surface area contributed by atoms with Gasteiger partial charge in [0.25, 0.3) is 7.82 Å². The van der Waals surface area contributed by atoms with Crippen molar-refractivity contribution in [1.82, 2.24) is 0 Å². The van der Waals surface area contributed by atoms with Crippen LogP contribution in [0.25, 0.3) is 0 Å². The van der Waals surface area contributed by atoms with Gasteiger partial charge in [0.05, 0.1) is 27.7 Å². The van der Waals surface area contributed by atoms with Crippen molar-refractivity contribution in [2.24, 2.45) is 0 Å². The van der Waals surface area contributed by atoms with Crippen LogP contribution in [0.4, 0.5) is 0 Å². The van der Waals surface area contributed by atoms with Gasteiger partial charge in [-0.2, -0.15) is 0 Å². The Morgan fingerprint density at radius 1 is 0.352 bits per heavy atom. The van der Waals surface area contributed by atoms with Crippen LogP contribution in [0, 0.1) is 0 Å². The smallest absolute Gasteiger partial charge is 0.306 e. The molecule has 0 aromatic heterocycles. The molecule has 0 fully saturated rings. The molecule has 0 aromatic rings. The standard InChI is InChI=1S/C78H132NO8P/c1-6-8-10-12-14-16-18-20-22-24-26-28-30-31-32-33-34-35-36-37-38-39-40-41-42-43-44-45-46-47-49-51-53-55-57-59-61-63-65-67-69-71-78(81)87-76(75-86-88(82,83)85-73-72-79(3,4)5)74-84-77(80)70-68-66-64-62-60-58-56-54-52-50-48-29-27-25-23-21-19-17-15-13-11-9-7-2/h8-11,14-17,20-23,26-29,31-32,34-35,37-38,40-41,76H,6-7,12-13,18-19,24-25,30,33,36,39,42-75H2,1-5H3/b10-8-,11-9-,16-14-,17-15-,22-20-,23-21-,28-26-,29-27-,32-31-,35-34-,38-37-,41-40-. The summed E-state index contributed by atoms with van der Waals surface area (Å²) in [6.45, 7) is 4.02. The van der Waals surface area contributed by atoms with E-state index in [0.29, 0.717) is 17.4 Å². The van der Waals surface area contributed by atoms with E-state index >= 15 is 0 Å². The summed E-state index contributed by atoms with van der Waals surface area (Å²) in [6, 6.07) is 0. The van der Waals surface area contributed by atoms with Crippen LogP contribution in [0.1, 0.15) is 284 Å². The number of ether oxygens (including phenoxy) is 2. The first-order valence-corrected chi connectivity index (χ1v) is 37.0. The first kappa shape index (κ1) is 83.9. The fourth-order valence-electron chi connectivity index (χ4n) is 9.49. The number of esters is 2. The number of rotatable bonds is 64. The Bertz CT molecular complexity index is 2000. The quantitative estimate of drug-likeness (QED) is 0.0195. The lowest BCUT2D eigenvalue weighted by molar-refractivity contribution is -0.870. The van der Waals surface area contributed by atoms with E-state index in [-0.39, 0.29) is 32.0 Å². The van der Waals surface area contributed by atoms with Gasteiger partial charge in [-0.1, -0.05) is 301 Å². The lowest BCUT2D eigenvalue weighted by Gasteiger charge is -2.28. The third kappa shape index (κ3) is 71.0. The summed E-state index contributed by atoms with van der Waals surface area (Å²) in [4.78, 5) is 38.1. The number of phosphoric ester groups is 1. The third-order valence-corrected chi connectivity index (χ3v) is 15.8. The Labute approximate surface area is 542 Å². The molecule has 0 amide bonds. The number of carbonyl (C=O) groups excluding carboxylic acids is 2. The Balaban J connectivity index is 4.03. The zero-order chi connectivity index (χ0) is 64.1. The predicted octanol–water partition coefficient (Wildman–Crippen LogP) is 22.7. The molecule has 0 aliphatic carbocycles. The van der Waals surface area contributed by atoms with Crippen molar-refractivity contribution in [3.63, 3.8) is 0 Å². The number of nitrogens with zero attached hydrogens (tertiary/aromatic N) is 1. The first-order chi connectivity index (χ1) is 43.0. The largest absolute Gasteiger partial charge is 0.756 e. The molecule has 0 spiro atoms. The van der Waals surface area contributed by atoms with Crippen molar-refractivity contribution >= 4 is 19.8 Å². The molecule has 0 rings (SSSR count). The highest BCUT2D eigenvalue weighted by atomic mass is 31.2. The lowest BCUT2D eigenvalue weighted by Crippen LogP contribution is -2.37. The molecule has 2 unspecified atom stereocenters. The number of unbranched alkanes of at least 4 members (excludes halogenated alkanes) is 26. The van der Waals surface area contributed by atoms with E-state index in [4.69, 9.17) is 18.5 Å². The summed E-state index contributed by atoms with van der Waals surface area (Å²) in [5.74, 6) is -0.838. The number of carbonyl (C=O) groups is 2. The van der Waals surface area contributed by atoms with Gasteiger partial charge in [-0.05, 0) is 116 Å². The zero-order valence-corrected chi connectivity index (χ0v) is 58.0. The van der Waals surface area contributed by atoms with Crippen LogP contribution in [0.15, 0.2) is 146 Å². The number of likely N-dealkylation sites (N-methyl/N-ethyl adjacent to an activating group) is 1. The molecule has 0 saturated heterocycles. The first-order valence-electron chi connectivity index (χ1n) is 35.5. The summed E-state index contributed by atoms with van der Waals surface area (Å²) in [5, 5.41) is 0. The third-order valence-electron chi connectivity index (χ3n) is 14.9. The maximum atomic E-state index is 12.9. The van der Waals surface area contributed by atoms with Crippen molar-refractivity contribution in [2.75, 3.05) is 47.5 Å². The maximum absolute atomic E-state index is 12.9. The minimum absolute atomic E-state index is 0.0366. The van der Waals surface area contributed by atoms with Crippen LogP contribution in [0.3, 0.4) is 0 Å². The Hall–Kier alpha value is -4.11. The molecule has 9 nitrogen and oxygen atoms in total. The molecule has 0 radical (unpaired) electrons. The van der Waals surface area contributed by atoms with Crippen LogP contribution in [-0.4, -0.2) is 70.0 Å². The predicted molar refractivity (Wildman–Crippen MR) is 378 cm³/mol. The minimum atomic E-state index is -4.65. The average Bonchev–Trinajstić information content (AvgIpc) is 3.58. The normalized spacial score (nSPS) is 14.0. The van der Waals surface area contributed by atoms with Crippen molar-refractivity contribution in [1.29, 1.82) is 0 Å². The molecule has 0 aliphatic heterocycles. The van der Waals surface area contributed by atoms with Gasteiger partial charge in [0.2, 0.25) is 0 Å². The summed E-state index contributed by atoms with van der Waals surface area (Å²) in [5.41, 5.74) is 0. The van der Waals surface area contributed by atoms with Crippen LogP contribution in [0.2, 0.25) is 0 Å². The highest BCUT2D eigenvalue weighted by molar-refractivity contribution is 7.45. The molecule has 88 heavy (non-hydrogen) atoms. The fourth-order valence-corrected chi connectivity index (χ4v) is 10.2. The SMILES string of the molecule is CC/C=C\C/C=C\C/C=C\C/C=C\C/C=C\C/C=C\C/C=C\C/C=C\CCCCCCCCCCCCCCCCCCC(=O)OC(COC(=O)CCCCCCCCCCCC/C=C\C/C=C\C/C=C\C/C=C\CC)COP(=O)([O-])OCC[N+](C)(C)C. The number of phosphoric acid groups is 1. The fraction of sp³-hybridized carbons (Fsp3) is 0.667. The van der Waals surface area contributed by atoms with Gasteiger partial charge in [-0.3, -0.25) is 14.2 Å². The molecule has 2 atom stereocenters. The van der Waals surface area contributed by atoms with Crippen molar-refractivity contribution in [2.45, 2.75) is 290 Å². The Kier molecular flexibility index (Phi) is 64.1. The highest BCUT2D eigenvalue weighted by Gasteiger charge is 2.22. The lowest BCUT2D eigenvalue weighted by atomic mass is 10.0. The van der Waals surface area contributed by atoms with Gasteiger partial charge >= 0.3 is 11.9 Å². The van der Waals surface area contributed by atoms with Gasteiger partial charge in [-0.15, -0.1) is 0 Å². The minimum Gasteiger partial charge on any atom is -0.756 e. The van der Waals surface area contributed by atoms with E-state index in [9.17, 15) is 19.0 Å². The number of allylic oxidation sites excluding steroid dienone is 24. The van der Waals surface area contributed by atoms with Gasteiger partial charge < -0.3 is 27.9 Å². The van der Waals surface area contributed by atoms with E-state index in [0.717, 1.165) is 128 Å². The molecule has 0 aromatic carbocycles. The van der Waals surface area contributed by atoms with Gasteiger partial charge in [0, 0.05) is 12.8 Å². The monoisotopic (exact) mass is 1240 g/mol. The molecule has 0 heterocycles. The van der Waals surface area contributed by atoms with E-state index in [1.165, 1.54) is 122 Å². The van der Waals surface area contributed by atoms with Crippen molar-refractivity contribution < 1.29 is 42.1 Å². The Morgan fingerprint density at radius 2 is 0.614 bits per heavy atom. The van der Waals surface area contributed by atoms with Gasteiger partial charge in [0.1, 0.15) is 19.8 Å². The maximum Gasteiger partial charge on any atom is 0.306 e. The Morgan fingerprint density at radius 3 is 0.909 bits per heavy atom. The van der Waals surface area contributed by atoms with E-state index < -0.39 is 26.5 Å². The van der Waals surface area contributed by atoms with E-state index in [2.05, 4.69) is 160 Å². The van der Waals surface area contributed by atoms with Crippen molar-refractivity contribution in [3.8, 4) is 0 Å². The summed E-state index contributed by atoms with van der Waals surface area (Å²) >= 11 is 0. The number of hydrogen-bond donors (Lipinski definition) is 0. The average molecular weight is 1240 g/mol. The second-order valence-electron chi connectivity index (χ2n) is 24.5. The highest BCUT2D eigenvalue weighted by Crippen LogP contribution is 2.38. The molecule has 0 N–H and O–H groups in total. The van der Waals surface area contributed by atoms with Crippen LogP contribution in [0.5, 0.6) is 0 Å². The summed E-state index contributed by atoms with van der Waals surface area (Å²) < 4.78 is 34.3. The second kappa shape index (κ2) is 67.3. The topological polar surface area (TPSA) is 111 Å². The second-order valence-corrected chi connectivity index (χ2v) is 25.9. The van der Waals surface area contributed by atoms with E-state index in [1.807, 2.05) is 21.1 Å². The molecule has 502 valence electrons. The molecule has 0 aliphatic rings. The summed E-state index contributed by atoms with van der Waals surface area (Å²) in [6.07, 6.45) is 99.3. The van der Waals surface area contributed by atoms with Crippen LogP contribution < -0.4 is 4.89 Å². The van der Waals surface area contributed by atoms with E-state index in [1.54, 1.807) is 0 Å². The van der Waals surface area contributed by atoms with Gasteiger partial charge in [-0.25, -0.2) is 0 Å². The summed E-state index contributed by atoms with van der Waals surface area (Å²) in [7, 11) is 1.16. The number of hydrogen-bond acceptors (Lipinski definition) is 8.